The van der Waals surface area contributed by atoms with E-state index in [1.165, 1.54) is 0 Å². The third-order valence-electron chi connectivity index (χ3n) is 4.57. The molecule has 0 aromatic heterocycles. The zero-order chi connectivity index (χ0) is 18.2. The van der Waals surface area contributed by atoms with E-state index in [0.29, 0.717) is 41.1 Å². The van der Waals surface area contributed by atoms with Crippen LogP contribution >= 0.6 is 23.2 Å². The SMILES string of the molecule is Cc1ccc(S(=O)(=O)N2CCN(c3cc(Cl)cc(Cl)c3)CC2)cc1C. The summed E-state index contributed by atoms with van der Waals surface area (Å²) in [6.07, 6.45) is 0. The monoisotopic (exact) mass is 398 g/mol. The second-order valence-electron chi connectivity index (χ2n) is 6.26. The molecule has 0 saturated carbocycles. The lowest BCUT2D eigenvalue weighted by atomic mass is 10.1. The molecule has 4 nitrogen and oxygen atoms in total. The fourth-order valence-corrected chi connectivity index (χ4v) is 4.95. The Bertz CT molecular complexity index is 872. The second kappa shape index (κ2) is 7.16. The van der Waals surface area contributed by atoms with Crippen LogP contribution in [0, 0.1) is 13.8 Å². The molecule has 7 heteroatoms. The molecule has 1 aliphatic heterocycles. The Morgan fingerprint density at radius 2 is 1.44 bits per heavy atom. The number of sulfonamides is 1. The lowest BCUT2D eigenvalue weighted by molar-refractivity contribution is 0.385. The lowest BCUT2D eigenvalue weighted by Crippen LogP contribution is -2.48. The molecule has 1 saturated heterocycles. The normalized spacial score (nSPS) is 16.2. The van der Waals surface area contributed by atoms with Gasteiger partial charge in [0.1, 0.15) is 0 Å². The minimum atomic E-state index is -3.47. The Kier molecular flexibility index (Phi) is 5.30. The molecule has 0 unspecified atom stereocenters. The van der Waals surface area contributed by atoms with Crippen LogP contribution in [0.25, 0.3) is 0 Å². The first kappa shape index (κ1) is 18.5. The van der Waals surface area contributed by atoms with Crippen LogP contribution in [0.1, 0.15) is 11.1 Å². The molecule has 2 aromatic rings. The molecule has 25 heavy (non-hydrogen) atoms. The van der Waals surface area contributed by atoms with Gasteiger partial charge in [-0.3, -0.25) is 0 Å². The van der Waals surface area contributed by atoms with E-state index in [1.54, 1.807) is 22.5 Å². The average molecular weight is 399 g/mol. The number of nitrogens with zero attached hydrogens (tertiary/aromatic N) is 2. The molecule has 0 aliphatic carbocycles. The van der Waals surface area contributed by atoms with Crippen molar-refractivity contribution in [2.24, 2.45) is 0 Å². The van der Waals surface area contributed by atoms with Crippen molar-refractivity contribution in [3.05, 3.63) is 57.6 Å². The molecule has 3 rings (SSSR count). The highest BCUT2D eigenvalue weighted by molar-refractivity contribution is 7.89. The van der Waals surface area contributed by atoms with Crippen LogP contribution in [0.5, 0.6) is 0 Å². The standard InChI is InChI=1S/C18H20Cl2N2O2S/c1-13-3-4-18(9-14(13)2)25(23,24)22-7-5-21(6-8-22)17-11-15(19)10-16(20)12-17/h3-4,9-12H,5-8H2,1-2H3. The lowest BCUT2D eigenvalue weighted by Gasteiger charge is -2.35. The summed E-state index contributed by atoms with van der Waals surface area (Å²) in [4.78, 5) is 2.46. The maximum Gasteiger partial charge on any atom is 0.243 e. The fourth-order valence-electron chi connectivity index (χ4n) is 2.93. The van der Waals surface area contributed by atoms with E-state index in [0.717, 1.165) is 16.8 Å². The number of anilines is 1. The van der Waals surface area contributed by atoms with Gasteiger partial charge in [-0.05, 0) is 55.3 Å². The van der Waals surface area contributed by atoms with Crippen molar-refractivity contribution >= 4 is 38.9 Å². The predicted octanol–water partition coefficient (Wildman–Crippen LogP) is 4.12. The van der Waals surface area contributed by atoms with Crippen molar-refractivity contribution in [1.29, 1.82) is 0 Å². The molecular weight excluding hydrogens is 379 g/mol. The number of halogens is 2. The van der Waals surface area contributed by atoms with Crippen LogP contribution in [0.4, 0.5) is 5.69 Å². The summed E-state index contributed by atoms with van der Waals surface area (Å²) in [6, 6.07) is 10.7. The molecular formula is C18H20Cl2N2O2S. The van der Waals surface area contributed by atoms with Crippen molar-refractivity contribution in [2.75, 3.05) is 31.1 Å². The third-order valence-corrected chi connectivity index (χ3v) is 6.90. The highest BCUT2D eigenvalue weighted by Crippen LogP contribution is 2.27. The Balaban J connectivity index is 1.76. The number of hydrogen-bond acceptors (Lipinski definition) is 3. The van der Waals surface area contributed by atoms with E-state index in [2.05, 4.69) is 4.90 Å². The number of benzene rings is 2. The molecule has 134 valence electrons. The van der Waals surface area contributed by atoms with E-state index >= 15 is 0 Å². The number of aryl methyl sites for hydroxylation is 2. The molecule has 1 aliphatic rings. The maximum absolute atomic E-state index is 12.9. The minimum Gasteiger partial charge on any atom is -0.369 e. The summed E-state index contributed by atoms with van der Waals surface area (Å²) in [7, 11) is -3.47. The van der Waals surface area contributed by atoms with Gasteiger partial charge in [0.05, 0.1) is 4.90 Å². The second-order valence-corrected chi connectivity index (χ2v) is 9.08. The summed E-state index contributed by atoms with van der Waals surface area (Å²) in [5, 5.41) is 1.15. The largest absolute Gasteiger partial charge is 0.369 e. The number of hydrogen-bond donors (Lipinski definition) is 0. The van der Waals surface area contributed by atoms with Gasteiger partial charge in [0.25, 0.3) is 0 Å². The maximum atomic E-state index is 12.9. The Labute approximate surface area is 159 Å². The minimum absolute atomic E-state index is 0.356. The van der Waals surface area contributed by atoms with E-state index in [-0.39, 0.29) is 0 Å². The highest BCUT2D eigenvalue weighted by Gasteiger charge is 2.28. The van der Waals surface area contributed by atoms with E-state index < -0.39 is 10.0 Å². The summed E-state index contributed by atoms with van der Waals surface area (Å²) in [6.45, 7) is 5.95. The molecule has 1 fully saturated rings. The van der Waals surface area contributed by atoms with Gasteiger partial charge in [-0.2, -0.15) is 4.31 Å². The first-order valence-electron chi connectivity index (χ1n) is 8.06. The van der Waals surface area contributed by atoms with Gasteiger partial charge in [-0.1, -0.05) is 29.3 Å². The smallest absolute Gasteiger partial charge is 0.243 e. The quantitative estimate of drug-likeness (QED) is 0.780. The summed E-state index contributed by atoms with van der Waals surface area (Å²) < 4.78 is 27.3. The first-order chi connectivity index (χ1) is 11.8. The first-order valence-corrected chi connectivity index (χ1v) is 10.3. The van der Waals surface area contributed by atoms with Crippen LogP contribution in [-0.2, 0) is 10.0 Å². The third kappa shape index (κ3) is 3.95. The molecule has 1 heterocycles. The van der Waals surface area contributed by atoms with E-state index in [4.69, 9.17) is 23.2 Å². The van der Waals surface area contributed by atoms with Gasteiger partial charge in [-0.25, -0.2) is 8.42 Å². The van der Waals surface area contributed by atoms with E-state index in [1.807, 2.05) is 32.0 Å². The van der Waals surface area contributed by atoms with E-state index in [9.17, 15) is 8.42 Å². The Morgan fingerprint density at radius 1 is 0.840 bits per heavy atom. The molecule has 0 N–H and O–H groups in total. The molecule has 2 aromatic carbocycles. The predicted molar refractivity (Wildman–Crippen MR) is 103 cm³/mol. The fraction of sp³-hybridized carbons (Fsp3) is 0.333. The van der Waals surface area contributed by atoms with Crippen LogP contribution in [0.2, 0.25) is 10.0 Å². The van der Waals surface area contributed by atoms with Crippen LogP contribution < -0.4 is 4.90 Å². The number of rotatable bonds is 3. The van der Waals surface area contributed by atoms with Crippen molar-refractivity contribution in [1.82, 2.24) is 4.31 Å². The van der Waals surface area contributed by atoms with Gasteiger partial charge >= 0.3 is 0 Å². The molecule has 0 atom stereocenters. The highest BCUT2D eigenvalue weighted by atomic mass is 35.5. The summed E-state index contributed by atoms with van der Waals surface area (Å²) in [5.41, 5.74) is 2.98. The zero-order valence-corrected chi connectivity index (χ0v) is 16.5. The van der Waals surface area contributed by atoms with Gasteiger partial charge in [0.2, 0.25) is 10.0 Å². The molecule has 0 bridgehead atoms. The van der Waals surface area contributed by atoms with Crippen molar-refractivity contribution in [3.8, 4) is 0 Å². The van der Waals surface area contributed by atoms with Crippen LogP contribution in [0.3, 0.4) is 0 Å². The van der Waals surface area contributed by atoms with Crippen LogP contribution in [0.15, 0.2) is 41.3 Å². The number of piperazine rings is 1. The van der Waals surface area contributed by atoms with Gasteiger partial charge in [0.15, 0.2) is 0 Å². The molecule has 0 amide bonds. The van der Waals surface area contributed by atoms with Crippen molar-refractivity contribution < 1.29 is 8.42 Å². The van der Waals surface area contributed by atoms with Crippen molar-refractivity contribution in [2.45, 2.75) is 18.7 Å². The van der Waals surface area contributed by atoms with Crippen molar-refractivity contribution in [3.63, 3.8) is 0 Å². The molecule has 0 spiro atoms. The van der Waals surface area contributed by atoms with Gasteiger partial charge in [-0.15, -0.1) is 0 Å². The van der Waals surface area contributed by atoms with Gasteiger partial charge in [0, 0.05) is 41.9 Å². The Morgan fingerprint density at radius 3 is 2.00 bits per heavy atom. The topological polar surface area (TPSA) is 40.6 Å². The Hall–Kier alpha value is -1.27. The summed E-state index contributed by atoms with van der Waals surface area (Å²) >= 11 is 12.1. The average Bonchev–Trinajstić information content (AvgIpc) is 2.56. The zero-order valence-electron chi connectivity index (χ0n) is 14.2. The summed E-state index contributed by atoms with van der Waals surface area (Å²) in [5.74, 6) is 0. The molecule has 0 radical (unpaired) electrons. The van der Waals surface area contributed by atoms with Crippen LogP contribution in [-0.4, -0.2) is 38.9 Å². The van der Waals surface area contributed by atoms with Gasteiger partial charge < -0.3 is 4.90 Å².